The molecule has 0 aliphatic heterocycles. The van der Waals surface area contributed by atoms with Gasteiger partial charge in [0.15, 0.2) is 5.82 Å². The van der Waals surface area contributed by atoms with Gasteiger partial charge in [-0.2, -0.15) is 0 Å². The highest BCUT2D eigenvalue weighted by Gasteiger charge is 2.10. The van der Waals surface area contributed by atoms with Crippen LogP contribution in [0, 0.1) is 0 Å². The number of ether oxygens (including phenoxy) is 1. The minimum atomic E-state index is -0.107. The number of nitrogens with two attached hydrogens (primary N) is 1. The van der Waals surface area contributed by atoms with E-state index in [4.69, 9.17) is 10.6 Å². The van der Waals surface area contributed by atoms with E-state index in [2.05, 4.69) is 15.4 Å². The lowest BCUT2D eigenvalue weighted by atomic mass is 10.3. The number of hydrogen-bond acceptors (Lipinski definition) is 5. The van der Waals surface area contributed by atoms with Gasteiger partial charge in [-0.3, -0.25) is 4.98 Å². The second-order valence-electron chi connectivity index (χ2n) is 2.31. The normalized spacial score (nSPS) is 12.6. The summed E-state index contributed by atoms with van der Waals surface area (Å²) in [7, 11) is 1.61. The number of anilines is 1. The Bertz CT molecular complexity index is 253. The van der Waals surface area contributed by atoms with E-state index in [-0.39, 0.29) is 6.10 Å². The maximum absolute atomic E-state index is 5.24. The first-order chi connectivity index (χ1) is 5.79. The van der Waals surface area contributed by atoms with Gasteiger partial charge in [0, 0.05) is 19.5 Å². The van der Waals surface area contributed by atoms with Crippen LogP contribution in [0.25, 0.3) is 0 Å². The number of hydrogen-bond donors (Lipinski definition) is 2. The predicted octanol–water partition coefficient (Wildman–Crippen LogP) is 0.470. The van der Waals surface area contributed by atoms with E-state index in [0.717, 1.165) is 0 Å². The smallest absolute Gasteiger partial charge is 0.164 e. The van der Waals surface area contributed by atoms with Gasteiger partial charge >= 0.3 is 0 Å². The predicted molar refractivity (Wildman–Crippen MR) is 45.3 cm³/mol. The van der Waals surface area contributed by atoms with Crippen molar-refractivity contribution in [2.45, 2.75) is 13.0 Å². The molecule has 0 aromatic carbocycles. The molecule has 1 aromatic rings. The number of methoxy groups -OCH3 is 1. The highest BCUT2D eigenvalue weighted by atomic mass is 16.5. The van der Waals surface area contributed by atoms with Crippen molar-refractivity contribution in [1.82, 2.24) is 9.97 Å². The van der Waals surface area contributed by atoms with E-state index in [1.54, 1.807) is 19.5 Å². The molecule has 1 heterocycles. The average molecular weight is 168 g/mol. The summed E-state index contributed by atoms with van der Waals surface area (Å²) in [5.41, 5.74) is 3.17. The fourth-order valence-electron chi connectivity index (χ4n) is 0.869. The maximum Gasteiger partial charge on any atom is 0.164 e. The Morgan fingerprint density at radius 1 is 1.50 bits per heavy atom. The minimum absolute atomic E-state index is 0.107. The summed E-state index contributed by atoms with van der Waals surface area (Å²) >= 11 is 0. The Kier molecular flexibility index (Phi) is 2.95. The van der Waals surface area contributed by atoms with Gasteiger partial charge in [0.1, 0.15) is 11.8 Å². The van der Waals surface area contributed by atoms with Gasteiger partial charge in [-0.1, -0.05) is 0 Å². The van der Waals surface area contributed by atoms with Crippen LogP contribution in [-0.2, 0) is 4.74 Å². The molecule has 0 saturated carbocycles. The molecule has 0 radical (unpaired) electrons. The lowest BCUT2D eigenvalue weighted by Crippen LogP contribution is -2.13. The first-order valence-electron chi connectivity index (χ1n) is 3.60. The zero-order valence-electron chi connectivity index (χ0n) is 7.11. The summed E-state index contributed by atoms with van der Waals surface area (Å²) in [4.78, 5) is 8.08. The van der Waals surface area contributed by atoms with Gasteiger partial charge < -0.3 is 10.2 Å². The van der Waals surface area contributed by atoms with Crippen LogP contribution < -0.4 is 11.3 Å². The van der Waals surface area contributed by atoms with E-state index in [1.165, 1.54) is 0 Å². The van der Waals surface area contributed by atoms with Crippen molar-refractivity contribution < 1.29 is 4.74 Å². The van der Waals surface area contributed by atoms with Crippen LogP contribution in [0.2, 0.25) is 0 Å². The van der Waals surface area contributed by atoms with E-state index >= 15 is 0 Å². The molecular formula is C7H12N4O. The molecule has 1 rings (SSSR count). The Labute approximate surface area is 70.9 Å². The fraction of sp³-hybridized carbons (Fsp3) is 0.429. The highest BCUT2D eigenvalue weighted by Crippen LogP contribution is 2.18. The lowest BCUT2D eigenvalue weighted by Gasteiger charge is -2.11. The molecule has 0 bridgehead atoms. The van der Waals surface area contributed by atoms with Crippen LogP contribution in [0.5, 0.6) is 0 Å². The maximum atomic E-state index is 5.24. The molecule has 1 aromatic heterocycles. The third-order valence-corrected chi connectivity index (χ3v) is 1.60. The summed E-state index contributed by atoms with van der Waals surface area (Å²) in [6.45, 7) is 1.88. The van der Waals surface area contributed by atoms with Crippen LogP contribution in [0.3, 0.4) is 0 Å². The van der Waals surface area contributed by atoms with Gasteiger partial charge in [0.05, 0.1) is 0 Å². The summed E-state index contributed by atoms with van der Waals surface area (Å²) in [6.07, 6.45) is 3.07. The number of nitrogen functional groups attached to an aromatic ring is 1. The zero-order chi connectivity index (χ0) is 8.97. The Morgan fingerprint density at radius 2 is 2.17 bits per heavy atom. The third-order valence-electron chi connectivity index (χ3n) is 1.60. The van der Waals surface area contributed by atoms with Gasteiger partial charge in [-0.25, -0.2) is 10.8 Å². The van der Waals surface area contributed by atoms with Crippen molar-refractivity contribution in [3.63, 3.8) is 0 Å². The number of aromatic nitrogens is 2. The monoisotopic (exact) mass is 168 g/mol. The molecule has 5 nitrogen and oxygen atoms in total. The van der Waals surface area contributed by atoms with Crippen LogP contribution in [-0.4, -0.2) is 17.1 Å². The van der Waals surface area contributed by atoms with Crippen LogP contribution >= 0.6 is 0 Å². The topological polar surface area (TPSA) is 73.1 Å². The quantitative estimate of drug-likeness (QED) is 0.507. The van der Waals surface area contributed by atoms with Gasteiger partial charge in [-0.15, -0.1) is 0 Å². The number of nitrogens with zero attached hydrogens (tertiary/aromatic N) is 2. The van der Waals surface area contributed by atoms with Crippen molar-refractivity contribution in [3.05, 3.63) is 18.1 Å². The van der Waals surface area contributed by atoms with Crippen molar-refractivity contribution in [2.75, 3.05) is 12.5 Å². The summed E-state index contributed by atoms with van der Waals surface area (Å²) in [6, 6.07) is 0. The lowest BCUT2D eigenvalue weighted by molar-refractivity contribution is 0.116. The van der Waals surface area contributed by atoms with Crippen LogP contribution in [0.4, 0.5) is 5.82 Å². The molecule has 0 aliphatic rings. The zero-order valence-corrected chi connectivity index (χ0v) is 7.11. The second kappa shape index (κ2) is 3.99. The van der Waals surface area contributed by atoms with Crippen LogP contribution in [0.1, 0.15) is 18.7 Å². The van der Waals surface area contributed by atoms with E-state index < -0.39 is 0 Å². The van der Waals surface area contributed by atoms with Crippen molar-refractivity contribution in [1.29, 1.82) is 0 Å². The second-order valence-corrected chi connectivity index (χ2v) is 2.31. The molecule has 3 N–H and O–H groups in total. The third kappa shape index (κ3) is 1.69. The van der Waals surface area contributed by atoms with E-state index in [0.29, 0.717) is 11.5 Å². The number of rotatable bonds is 3. The van der Waals surface area contributed by atoms with E-state index in [9.17, 15) is 0 Å². The molecule has 0 fully saturated rings. The summed E-state index contributed by atoms with van der Waals surface area (Å²) < 4.78 is 5.08. The number of hydrazine groups is 1. The molecule has 0 aliphatic carbocycles. The first-order valence-corrected chi connectivity index (χ1v) is 3.60. The van der Waals surface area contributed by atoms with E-state index in [1.807, 2.05) is 6.92 Å². The van der Waals surface area contributed by atoms with Crippen molar-refractivity contribution >= 4 is 5.82 Å². The molecule has 0 spiro atoms. The standard InChI is InChI=1S/C7H12N4O/c1-5(12-2)6-7(11-8)10-4-3-9-6/h3-5H,8H2,1-2H3,(H,10,11). The minimum Gasteiger partial charge on any atom is -0.375 e. The molecule has 66 valence electrons. The molecule has 5 heteroatoms. The molecule has 0 amide bonds. The first kappa shape index (κ1) is 8.89. The highest BCUT2D eigenvalue weighted by molar-refractivity contribution is 5.38. The van der Waals surface area contributed by atoms with Crippen molar-refractivity contribution in [3.8, 4) is 0 Å². The van der Waals surface area contributed by atoms with Gasteiger partial charge in [0.2, 0.25) is 0 Å². The number of nitrogens with one attached hydrogen (secondary N) is 1. The van der Waals surface area contributed by atoms with Gasteiger partial charge in [0.25, 0.3) is 0 Å². The molecular weight excluding hydrogens is 156 g/mol. The molecule has 1 unspecified atom stereocenters. The Morgan fingerprint density at radius 3 is 2.75 bits per heavy atom. The molecule has 0 saturated heterocycles. The fourth-order valence-corrected chi connectivity index (χ4v) is 0.869. The Balaban J connectivity index is 2.96. The molecule has 1 atom stereocenters. The average Bonchev–Trinajstić information content (AvgIpc) is 2.16. The van der Waals surface area contributed by atoms with Crippen molar-refractivity contribution in [2.24, 2.45) is 5.84 Å². The Hall–Kier alpha value is -1.20. The van der Waals surface area contributed by atoms with Gasteiger partial charge in [-0.05, 0) is 6.92 Å². The summed E-state index contributed by atoms with van der Waals surface area (Å²) in [5.74, 6) is 5.78. The molecule has 12 heavy (non-hydrogen) atoms. The SMILES string of the molecule is COC(C)c1nccnc1NN. The summed E-state index contributed by atoms with van der Waals surface area (Å²) in [5, 5.41) is 0. The largest absolute Gasteiger partial charge is 0.375 e. The van der Waals surface area contributed by atoms with Crippen LogP contribution in [0.15, 0.2) is 12.4 Å².